The van der Waals surface area contributed by atoms with Crippen molar-refractivity contribution in [3.8, 4) is 0 Å². The number of hydrogen-bond donors (Lipinski definition) is 0. The highest BCUT2D eigenvalue weighted by molar-refractivity contribution is 9.10. The van der Waals surface area contributed by atoms with E-state index in [0.29, 0.717) is 7.93 Å². The van der Waals surface area contributed by atoms with Crippen LogP contribution < -0.4 is 0 Å². The summed E-state index contributed by atoms with van der Waals surface area (Å²) in [6.45, 7) is 0. The highest BCUT2D eigenvalue weighted by Crippen LogP contribution is 2.16. The van der Waals surface area contributed by atoms with Gasteiger partial charge in [0.25, 0.3) is 0 Å². The van der Waals surface area contributed by atoms with Crippen molar-refractivity contribution in [3.63, 3.8) is 0 Å². The van der Waals surface area contributed by atoms with Crippen molar-refractivity contribution >= 4 is 35.1 Å². The van der Waals surface area contributed by atoms with Crippen molar-refractivity contribution < 1.29 is 0 Å². The standard InChI is InChI=1S/CH3BrClP/c2-1-4-3/h4H,1H2. The third-order valence-electron chi connectivity index (χ3n) is 0.0505. The molecule has 0 radical (unpaired) electrons. The smallest absolute Gasteiger partial charge is 0.0346 e. The first-order valence-corrected chi connectivity index (χ1v) is 4.15. The zero-order valence-corrected chi connectivity index (χ0v) is 5.30. The predicted octanol–water partition coefficient (Wildman–Crippen LogP) is 2.17. The zero-order valence-electron chi connectivity index (χ0n) is 1.96. The second kappa shape index (κ2) is 4.20. The molecule has 4 heavy (non-hydrogen) atoms. The van der Waals surface area contributed by atoms with Crippen LogP contribution in [0, 0.1) is 0 Å². The Balaban J connectivity index is 1.97. The molecule has 0 nitrogen and oxygen atoms in total. The third kappa shape index (κ3) is 3.20. The van der Waals surface area contributed by atoms with Crippen LogP contribution in [0.1, 0.15) is 0 Å². The Morgan fingerprint density at radius 2 is 2.25 bits per heavy atom. The molecule has 26 valence electrons. The molecule has 0 aromatic heterocycles. The molecule has 0 aromatic carbocycles. The lowest BCUT2D eigenvalue weighted by atomic mass is 11.9. The average molecular weight is 161 g/mol. The average Bonchev–Trinajstić information content (AvgIpc) is 1.37. The molecule has 0 fully saturated rings. The molecule has 0 heterocycles. The second-order valence-corrected chi connectivity index (χ2v) is 3.29. The fourth-order valence-corrected chi connectivity index (χ4v) is 0. The largest absolute Gasteiger partial charge is 0.0992 e. The second-order valence-electron chi connectivity index (χ2n) is 0.267. The van der Waals surface area contributed by atoms with Crippen molar-refractivity contribution in [2.75, 3.05) is 5.07 Å². The summed E-state index contributed by atoms with van der Waals surface area (Å²) in [6.07, 6.45) is 0. The van der Waals surface area contributed by atoms with Gasteiger partial charge in [0.05, 0.1) is 0 Å². The van der Waals surface area contributed by atoms with E-state index < -0.39 is 0 Å². The summed E-state index contributed by atoms with van der Waals surface area (Å²) >= 11 is 8.30. The van der Waals surface area contributed by atoms with Gasteiger partial charge in [-0.1, -0.05) is 27.2 Å². The van der Waals surface area contributed by atoms with Crippen LogP contribution >= 0.6 is 35.1 Å². The molecule has 1 unspecified atom stereocenters. The molecule has 0 aliphatic heterocycles. The first-order valence-electron chi connectivity index (χ1n) is 0.810. The lowest BCUT2D eigenvalue weighted by Gasteiger charge is -1.64. The van der Waals surface area contributed by atoms with Crippen LogP contribution in [0.3, 0.4) is 0 Å². The van der Waals surface area contributed by atoms with Crippen molar-refractivity contribution in [2.24, 2.45) is 0 Å². The molecular weight excluding hydrogens is 158 g/mol. The molecule has 0 saturated carbocycles. The van der Waals surface area contributed by atoms with Gasteiger partial charge in [-0.05, 0) is 7.93 Å². The highest BCUT2D eigenvalue weighted by atomic mass is 79.9. The first kappa shape index (κ1) is 5.20. The number of halogens is 2. The van der Waals surface area contributed by atoms with Gasteiger partial charge in [0, 0.05) is 5.07 Å². The van der Waals surface area contributed by atoms with Crippen LogP contribution in [-0.4, -0.2) is 5.07 Å². The summed E-state index contributed by atoms with van der Waals surface area (Å²) in [5.74, 6) is 0. The zero-order chi connectivity index (χ0) is 3.41. The van der Waals surface area contributed by atoms with Gasteiger partial charge in [-0.25, -0.2) is 0 Å². The Hall–Kier alpha value is 1.20. The van der Waals surface area contributed by atoms with Crippen LogP contribution in [0.2, 0.25) is 0 Å². The van der Waals surface area contributed by atoms with Gasteiger partial charge in [0.15, 0.2) is 0 Å². The minimum absolute atomic E-state index is 0.529. The van der Waals surface area contributed by atoms with Gasteiger partial charge >= 0.3 is 0 Å². The summed E-state index contributed by atoms with van der Waals surface area (Å²) in [5, 5.41) is 0.925. The molecule has 0 amide bonds. The van der Waals surface area contributed by atoms with Gasteiger partial charge in [-0.3, -0.25) is 0 Å². The van der Waals surface area contributed by atoms with E-state index in [1.54, 1.807) is 0 Å². The molecule has 0 rings (SSSR count). The SMILES string of the molecule is ClPCBr. The van der Waals surface area contributed by atoms with Gasteiger partial charge in [0.1, 0.15) is 0 Å². The third-order valence-corrected chi connectivity index (χ3v) is 2.36. The van der Waals surface area contributed by atoms with E-state index >= 15 is 0 Å². The quantitative estimate of drug-likeness (QED) is 0.408. The summed E-state index contributed by atoms with van der Waals surface area (Å²) in [4.78, 5) is 0. The Bertz CT molecular complexity index is 10.0. The van der Waals surface area contributed by atoms with E-state index in [1.807, 2.05) is 0 Å². The number of hydrogen-bond acceptors (Lipinski definition) is 0. The van der Waals surface area contributed by atoms with Gasteiger partial charge < -0.3 is 0 Å². The highest BCUT2D eigenvalue weighted by Gasteiger charge is 1.60. The maximum absolute atomic E-state index is 5.17. The van der Waals surface area contributed by atoms with E-state index in [4.69, 9.17) is 11.2 Å². The van der Waals surface area contributed by atoms with Crippen molar-refractivity contribution in [1.82, 2.24) is 0 Å². The van der Waals surface area contributed by atoms with E-state index in [9.17, 15) is 0 Å². The Labute approximate surface area is 40.6 Å². The summed E-state index contributed by atoms with van der Waals surface area (Å²) in [7, 11) is 0.529. The molecule has 3 heteroatoms. The topological polar surface area (TPSA) is 0 Å². The predicted molar refractivity (Wildman–Crippen MR) is 28.0 cm³/mol. The molecule has 0 bridgehead atoms. The van der Waals surface area contributed by atoms with Crippen LogP contribution in [-0.2, 0) is 0 Å². The Kier molecular flexibility index (Phi) is 5.46. The molecule has 0 saturated heterocycles. The number of alkyl halides is 1. The van der Waals surface area contributed by atoms with Crippen molar-refractivity contribution in [2.45, 2.75) is 0 Å². The van der Waals surface area contributed by atoms with Crippen LogP contribution in [0.15, 0.2) is 0 Å². The van der Waals surface area contributed by atoms with Crippen molar-refractivity contribution in [3.05, 3.63) is 0 Å². The fourth-order valence-electron chi connectivity index (χ4n) is 0. The van der Waals surface area contributed by atoms with Gasteiger partial charge in [-0.2, -0.15) is 0 Å². The molecule has 0 aromatic rings. The van der Waals surface area contributed by atoms with Gasteiger partial charge in [0.2, 0.25) is 0 Å². The van der Waals surface area contributed by atoms with E-state index in [-0.39, 0.29) is 0 Å². The fraction of sp³-hybridized carbons (Fsp3) is 1.00. The molecule has 0 spiro atoms. The Morgan fingerprint density at radius 1 is 2.00 bits per heavy atom. The summed E-state index contributed by atoms with van der Waals surface area (Å²) in [6, 6.07) is 0. The van der Waals surface area contributed by atoms with E-state index in [1.165, 1.54) is 0 Å². The van der Waals surface area contributed by atoms with E-state index in [0.717, 1.165) is 5.07 Å². The monoisotopic (exact) mass is 160 g/mol. The Morgan fingerprint density at radius 3 is 2.25 bits per heavy atom. The van der Waals surface area contributed by atoms with Crippen LogP contribution in [0.5, 0.6) is 0 Å². The minimum Gasteiger partial charge on any atom is -0.0992 e. The van der Waals surface area contributed by atoms with Crippen LogP contribution in [0.25, 0.3) is 0 Å². The lowest BCUT2D eigenvalue weighted by molar-refractivity contribution is 2.37. The summed E-state index contributed by atoms with van der Waals surface area (Å²) in [5.41, 5.74) is 0. The maximum Gasteiger partial charge on any atom is 0.0346 e. The van der Waals surface area contributed by atoms with Gasteiger partial charge in [-0.15, -0.1) is 0 Å². The summed E-state index contributed by atoms with van der Waals surface area (Å²) < 4.78 is 0. The first-order chi connectivity index (χ1) is 1.91. The minimum atomic E-state index is 0.529. The maximum atomic E-state index is 5.17. The molecule has 0 N–H and O–H groups in total. The molecular formula is CH3BrClP. The lowest BCUT2D eigenvalue weighted by Crippen LogP contribution is -1.28. The van der Waals surface area contributed by atoms with Crippen LogP contribution in [0.4, 0.5) is 0 Å². The van der Waals surface area contributed by atoms with E-state index in [2.05, 4.69) is 15.9 Å². The molecule has 1 atom stereocenters. The van der Waals surface area contributed by atoms with Crippen molar-refractivity contribution in [1.29, 1.82) is 0 Å². The molecule has 0 aliphatic rings. The number of rotatable bonds is 1. The molecule has 0 aliphatic carbocycles. The normalized spacial score (nSPS) is 10.5.